The van der Waals surface area contributed by atoms with Crippen LogP contribution >= 0.6 is 0 Å². The monoisotopic (exact) mass is 247 g/mol. The van der Waals surface area contributed by atoms with Crippen LogP contribution in [-0.4, -0.2) is 16.7 Å². The maximum Gasteiger partial charge on any atom is 0.258 e. The third kappa shape index (κ3) is 3.15. The van der Waals surface area contributed by atoms with Crippen molar-refractivity contribution >= 4 is 0 Å². The molecule has 0 aliphatic heterocycles. The van der Waals surface area contributed by atoms with E-state index in [1.54, 1.807) is 0 Å². The van der Waals surface area contributed by atoms with Crippen LogP contribution in [0.5, 0.6) is 0 Å². The van der Waals surface area contributed by atoms with Crippen LogP contribution in [0.1, 0.15) is 24.7 Å². The summed E-state index contributed by atoms with van der Waals surface area (Å²) in [7, 11) is 0. The highest BCUT2D eigenvalue weighted by Crippen LogP contribution is 2.17. The maximum atomic E-state index is 5.54. The van der Waals surface area contributed by atoms with Gasteiger partial charge in [0.05, 0.1) is 0 Å². The summed E-state index contributed by atoms with van der Waals surface area (Å²) in [6.07, 6.45) is 0.977. The first-order valence-electron chi connectivity index (χ1n) is 6.03. The van der Waals surface area contributed by atoms with Gasteiger partial charge in [-0.1, -0.05) is 24.2 Å². The summed E-state index contributed by atoms with van der Waals surface area (Å²) in [5.41, 5.74) is 7.51. The Labute approximate surface area is 106 Å². The van der Waals surface area contributed by atoms with Crippen LogP contribution in [0.25, 0.3) is 11.5 Å². The van der Waals surface area contributed by atoms with E-state index in [9.17, 15) is 0 Å². The van der Waals surface area contributed by atoms with Gasteiger partial charge in [0.2, 0.25) is 0 Å². The van der Waals surface area contributed by atoms with Gasteiger partial charge in [0.25, 0.3) is 5.89 Å². The fourth-order valence-corrected chi connectivity index (χ4v) is 1.52. The van der Waals surface area contributed by atoms with E-state index in [1.165, 1.54) is 0 Å². The number of hydrogen-bond donors (Lipinski definition) is 1. The Morgan fingerprint density at radius 2 is 2.06 bits per heavy atom. The van der Waals surface area contributed by atoms with E-state index in [-0.39, 0.29) is 0 Å². The molecule has 0 fully saturated rings. The molecule has 2 rings (SSSR count). The first-order chi connectivity index (χ1) is 8.83. The van der Waals surface area contributed by atoms with Crippen molar-refractivity contribution in [2.24, 2.45) is 5.73 Å². The van der Waals surface area contributed by atoms with Gasteiger partial charge >= 0.3 is 0 Å². The predicted octanol–water partition coefficient (Wildman–Crippen LogP) is 2.12. The third-order valence-electron chi connectivity index (χ3n) is 2.48. The van der Waals surface area contributed by atoms with Crippen molar-refractivity contribution in [3.63, 3.8) is 0 Å². The van der Waals surface area contributed by atoms with E-state index in [1.807, 2.05) is 24.3 Å². The number of benzene rings is 1. The lowest BCUT2D eigenvalue weighted by Crippen LogP contribution is -1.96. The molecule has 1 heterocycles. The third-order valence-corrected chi connectivity index (χ3v) is 2.48. The van der Waals surface area contributed by atoms with Crippen molar-refractivity contribution in [3.05, 3.63) is 35.7 Å². The van der Waals surface area contributed by atoms with E-state index in [0.29, 0.717) is 31.5 Å². The van der Waals surface area contributed by atoms with Gasteiger partial charge in [0.15, 0.2) is 5.82 Å². The summed E-state index contributed by atoms with van der Waals surface area (Å²) in [5.74, 6) is 1.08. The summed E-state index contributed by atoms with van der Waals surface area (Å²) in [6, 6.07) is 7.75. The van der Waals surface area contributed by atoms with E-state index >= 15 is 0 Å². The fraction of sp³-hybridized carbons (Fsp3) is 0.385. The van der Waals surface area contributed by atoms with Crippen LogP contribution in [-0.2, 0) is 17.9 Å². The number of hydrogen-bond acceptors (Lipinski definition) is 5. The molecule has 0 spiro atoms. The molecule has 0 radical (unpaired) electrons. The SMILES string of the molecule is CCCOCc1noc(-c2ccc(CN)cc2)n1. The molecule has 0 bridgehead atoms. The first-order valence-corrected chi connectivity index (χ1v) is 6.03. The quantitative estimate of drug-likeness (QED) is 0.791. The van der Waals surface area contributed by atoms with E-state index in [2.05, 4.69) is 17.1 Å². The Balaban J connectivity index is 2.04. The highest BCUT2D eigenvalue weighted by Gasteiger charge is 2.08. The van der Waals surface area contributed by atoms with Crippen LogP contribution in [0.15, 0.2) is 28.8 Å². The lowest BCUT2D eigenvalue weighted by Gasteiger charge is -1.97. The molecular weight excluding hydrogens is 230 g/mol. The van der Waals surface area contributed by atoms with Gasteiger partial charge < -0.3 is 15.0 Å². The zero-order valence-electron chi connectivity index (χ0n) is 10.4. The van der Waals surface area contributed by atoms with Crippen molar-refractivity contribution in [2.75, 3.05) is 6.61 Å². The Bertz CT molecular complexity index is 479. The van der Waals surface area contributed by atoms with Crippen LogP contribution in [0.4, 0.5) is 0 Å². The Hall–Kier alpha value is -1.72. The molecule has 0 saturated heterocycles. The smallest absolute Gasteiger partial charge is 0.258 e. The summed E-state index contributed by atoms with van der Waals surface area (Å²) < 4.78 is 10.5. The number of nitrogens with two attached hydrogens (primary N) is 1. The predicted molar refractivity (Wildman–Crippen MR) is 67.6 cm³/mol. The zero-order valence-corrected chi connectivity index (χ0v) is 10.4. The normalized spacial score (nSPS) is 10.8. The zero-order chi connectivity index (χ0) is 12.8. The van der Waals surface area contributed by atoms with Gasteiger partial charge in [-0.3, -0.25) is 0 Å². The molecule has 5 heteroatoms. The van der Waals surface area contributed by atoms with Gasteiger partial charge in [-0.25, -0.2) is 0 Å². The summed E-state index contributed by atoms with van der Waals surface area (Å²) >= 11 is 0. The molecular formula is C13H17N3O2. The molecule has 0 atom stereocenters. The topological polar surface area (TPSA) is 74.2 Å². The van der Waals surface area contributed by atoms with Crippen molar-refractivity contribution in [2.45, 2.75) is 26.5 Å². The fourth-order valence-electron chi connectivity index (χ4n) is 1.52. The van der Waals surface area contributed by atoms with E-state index in [0.717, 1.165) is 17.5 Å². The van der Waals surface area contributed by atoms with Gasteiger partial charge in [-0.05, 0) is 24.1 Å². The lowest BCUT2D eigenvalue weighted by molar-refractivity contribution is 0.114. The Morgan fingerprint density at radius 1 is 1.28 bits per heavy atom. The molecule has 2 N–H and O–H groups in total. The molecule has 0 aliphatic carbocycles. The molecule has 0 amide bonds. The standard InChI is InChI=1S/C13H17N3O2/c1-2-7-17-9-12-15-13(18-16-12)11-5-3-10(8-14)4-6-11/h3-6H,2,7-9,14H2,1H3. The molecule has 5 nitrogen and oxygen atoms in total. The average Bonchev–Trinajstić information content (AvgIpc) is 2.88. The minimum Gasteiger partial charge on any atom is -0.373 e. The largest absolute Gasteiger partial charge is 0.373 e. The van der Waals surface area contributed by atoms with Gasteiger partial charge in [-0.2, -0.15) is 4.98 Å². The summed E-state index contributed by atoms with van der Waals surface area (Å²) in [5, 5.41) is 3.87. The van der Waals surface area contributed by atoms with Crippen LogP contribution in [0.2, 0.25) is 0 Å². The van der Waals surface area contributed by atoms with Crippen molar-refractivity contribution < 1.29 is 9.26 Å². The van der Waals surface area contributed by atoms with Crippen molar-refractivity contribution in [1.29, 1.82) is 0 Å². The number of rotatable bonds is 6. The van der Waals surface area contributed by atoms with Crippen LogP contribution < -0.4 is 5.73 Å². The molecule has 2 aromatic rings. The van der Waals surface area contributed by atoms with Gasteiger partial charge in [-0.15, -0.1) is 0 Å². The molecule has 1 aromatic carbocycles. The summed E-state index contributed by atoms with van der Waals surface area (Å²) in [4.78, 5) is 4.27. The number of ether oxygens (including phenoxy) is 1. The molecule has 96 valence electrons. The Kier molecular flexibility index (Phi) is 4.44. The van der Waals surface area contributed by atoms with Gasteiger partial charge in [0.1, 0.15) is 6.61 Å². The maximum absolute atomic E-state index is 5.54. The highest BCUT2D eigenvalue weighted by atomic mass is 16.5. The van der Waals surface area contributed by atoms with Gasteiger partial charge in [0, 0.05) is 18.7 Å². The number of aromatic nitrogens is 2. The van der Waals surface area contributed by atoms with E-state index < -0.39 is 0 Å². The van der Waals surface area contributed by atoms with Crippen LogP contribution in [0, 0.1) is 0 Å². The first kappa shape index (κ1) is 12.7. The lowest BCUT2D eigenvalue weighted by atomic mass is 10.1. The molecule has 1 aromatic heterocycles. The second kappa shape index (κ2) is 6.28. The molecule has 18 heavy (non-hydrogen) atoms. The van der Waals surface area contributed by atoms with Crippen molar-refractivity contribution in [3.8, 4) is 11.5 Å². The molecule has 0 aliphatic rings. The highest BCUT2D eigenvalue weighted by molar-refractivity contribution is 5.53. The molecule has 0 unspecified atom stereocenters. The number of nitrogens with zero attached hydrogens (tertiary/aromatic N) is 2. The second-order valence-corrected chi connectivity index (χ2v) is 3.97. The second-order valence-electron chi connectivity index (χ2n) is 3.97. The average molecular weight is 247 g/mol. The Morgan fingerprint density at radius 3 is 2.72 bits per heavy atom. The van der Waals surface area contributed by atoms with Crippen molar-refractivity contribution in [1.82, 2.24) is 10.1 Å². The van der Waals surface area contributed by atoms with E-state index in [4.69, 9.17) is 15.0 Å². The minimum absolute atomic E-state index is 0.387. The van der Waals surface area contributed by atoms with Crippen LogP contribution in [0.3, 0.4) is 0 Å². The minimum atomic E-state index is 0.387. The summed E-state index contributed by atoms with van der Waals surface area (Å²) in [6.45, 7) is 3.67. The molecule has 0 saturated carbocycles.